The average Bonchev–Trinajstić information content (AvgIpc) is 2.62. The molecular weight excluding hydrogens is 356 g/mol. The second kappa shape index (κ2) is 9.77. The molecule has 4 aliphatic rings. The summed E-state index contributed by atoms with van der Waals surface area (Å²) >= 11 is 0. The summed E-state index contributed by atoms with van der Waals surface area (Å²) in [7, 11) is 0. The molecule has 0 saturated heterocycles. The molecule has 0 spiro atoms. The molecule has 0 aromatic heterocycles. The number of amides is 2. The Kier molecular flexibility index (Phi) is 7.62. The van der Waals surface area contributed by atoms with Crippen molar-refractivity contribution in [3.05, 3.63) is 0 Å². The zero-order chi connectivity index (χ0) is 20.0. The van der Waals surface area contributed by atoms with Crippen LogP contribution >= 0.6 is 0 Å². The fraction of sp³-hybridized carbons (Fsp3) is 0.955. The van der Waals surface area contributed by atoms with Crippen LogP contribution < -0.4 is 10.6 Å². The minimum atomic E-state index is -1.08. The van der Waals surface area contributed by atoms with E-state index in [1.807, 2.05) is 13.8 Å². The number of nitrogens with one attached hydrogen (secondary N) is 2. The van der Waals surface area contributed by atoms with Crippen LogP contribution in [0.15, 0.2) is 0 Å². The van der Waals surface area contributed by atoms with Gasteiger partial charge in [-0.15, -0.1) is 0 Å². The molecule has 4 bridgehead atoms. The molecule has 2 amide bonds. The summed E-state index contributed by atoms with van der Waals surface area (Å²) < 4.78 is 17.4. The summed E-state index contributed by atoms with van der Waals surface area (Å²) in [5, 5.41) is 6.44. The third kappa shape index (κ3) is 5.39. The van der Waals surface area contributed by atoms with E-state index in [9.17, 15) is 4.79 Å². The first-order valence-corrected chi connectivity index (χ1v) is 11.5. The van der Waals surface area contributed by atoms with Gasteiger partial charge in [-0.25, -0.2) is 4.79 Å². The number of ether oxygens (including phenoxy) is 3. The van der Waals surface area contributed by atoms with Crippen molar-refractivity contribution in [3.63, 3.8) is 0 Å². The normalized spacial score (nSPS) is 32.9. The molecule has 6 nitrogen and oxygen atoms in total. The Morgan fingerprint density at radius 1 is 0.964 bits per heavy atom. The lowest BCUT2D eigenvalue weighted by Gasteiger charge is -2.57. The monoisotopic (exact) mass is 396 g/mol. The second-order valence-electron chi connectivity index (χ2n) is 9.11. The number of urea groups is 1. The highest BCUT2D eigenvalue weighted by Crippen LogP contribution is 2.55. The van der Waals surface area contributed by atoms with Gasteiger partial charge in [0.1, 0.15) is 0 Å². The molecule has 2 N–H and O–H groups in total. The van der Waals surface area contributed by atoms with Crippen LogP contribution in [0.3, 0.4) is 0 Å². The van der Waals surface area contributed by atoms with Crippen molar-refractivity contribution < 1.29 is 19.0 Å². The van der Waals surface area contributed by atoms with Gasteiger partial charge in [-0.05, 0) is 76.5 Å². The first-order chi connectivity index (χ1) is 13.5. The van der Waals surface area contributed by atoms with Crippen molar-refractivity contribution in [1.82, 2.24) is 10.6 Å². The molecule has 4 saturated carbocycles. The minimum Gasteiger partial charge on any atom is -0.379 e. The van der Waals surface area contributed by atoms with Gasteiger partial charge in [0.2, 0.25) is 0 Å². The van der Waals surface area contributed by atoms with Crippen molar-refractivity contribution >= 4 is 6.03 Å². The summed E-state index contributed by atoms with van der Waals surface area (Å²) in [6.45, 7) is 8.06. The van der Waals surface area contributed by atoms with Crippen LogP contribution in [-0.4, -0.2) is 43.9 Å². The van der Waals surface area contributed by atoms with Gasteiger partial charge in [-0.2, -0.15) is 0 Å². The van der Waals surface area contributed by atoms with Crippen molar-refractivity contribution in [1.29, 1.82) is 0 Å². The molecule has 4 aliphatic carbocycles. The number of carbonyl (C=O) groups is 1. The molecule has 28 heavy (non-hydrogen) atoms. The van der Waals surface area contributed by atoms with Crippen LogP contribution in [0.2, 0.25) is 0 Å². The van der Waals surface area contributed by atoms with Gasteiger partial charge in [0, 0.05) is 25.2 Å². The maximum absolute atomic E-state index is 13.1. The molecule has 1 unspecified atom stereocenters. The molecule has 1 atom stereocenters. The van der Waals surface area contributed by atoms with E-state index < -0.39 is 5.91 Å². The Morgan fingerprint density at radius 2 is 1.61 bits per heavy atom. The van der Waals surface area contributed by atoms with Gasteiger partial charge < -0.3 is 19.5 Å². The molecule has 0 heterocycles. The Balaban J connectivity index is 1.62. The van der Waals surface area contributed by atoms with Crippen molar-refractivity contribution in [2.45, 2.75) is 90.0 Å². The van der Waals surface area contributed by atoms with E-state index in [1.54, 1.807) is 0 Å². The van der Waals surface area contributed by atoms with Gasteiger partial charge in [-0.1, -0.05) is 13.3 Å². The minimum absolute atomic E-state index is 0.0210. The summed E-state index contributed by atoms with van der Waals surface area (Å²) in [6.07, 6.45) is 10.1. The molecule has 0 aliphatic heterocycles. The lowest BCUT2D eigenvalue weighted by molar-refractivity contribution is -0.255. The molecular formula is C22H40N2O4. The quantitative estimate of drug-likeness (QED) is 0.383. The smallest absolute Gasteiger partial charge is 0.319 e. The van der Waals surface area contributed by atoms with E-state index in [4.69, 9.17) is 14.2 Å². The third-order valence-corrected chi connectivity index (χ3v) is 6.72. The maximum atomic E-state index is 13.1. The van der Waals surface area contributed by atoms with Gasteiger partial charge in [-0.3, -0.25) is 5.32 Å². The number of hydrogen-bond donors (Lipinski definition) is 2. The van der Waals surface area contributed by atoms with Crippen LogP contribution in [0, 0.1) is 17.8 Å². The fourth-order valence-corrected chi connectivity index (χ4v) is 6.08. The molecule has 0 radical (unpaired) electrons. The fourth-order valence-electron chi connectivity index (χ4n) is 6.08. The average molecular weight is 397 g/mol. The highest BCUT2D eigenvalue weighted by atomic mass is 16.7. The van der Waals surface area contributed by atoms with Crippen LogP contribution in [0.1, 0.15) is 78.6 Å². The van der Waals surface area contributed by atoms with E-state index >= 15 is 0 Å². The standard InChI is InChI=1S/C22H40N2O4/c1-4-7-8-22(27-6-3,28-10-9-26-5-2)24-20(25)23-21-14-17-11-18(15-21)13-19(12-17)16-21/h17-19H,4-16H2,1-3H3,(H2,23,24,25). The highest BCUT2D eigenvalue weighted by molar-refractivity contribution is 5.75. The summed E-state index contributed by atoms with van der Waals surface area (Å²) in [5.74, 6) is 1.32. The summed E-state index contributed by atoms with van der Waals surface area (Å²) in [6, 6.07) is -0.150. The first-order valence-electron chi connectivity index (χ1n) is 11.5. The largest absolute Gasteiger partial charge is 0.379 e. The zero-order valence-electron chi connectivity index (χ0n) is 18.1. The van der Waals surface area contributed by atoms with Crippen LogP contribution in [-0.2, 0) is 14.2 Å². The lowest BCUT2D eigenvalue weighted by atomic mass is 9.53. The van der Waals surface area contributed by atoms with E-state index in [-0.39, 0.29) is 11.6 Å². The third-order valence-electron chi connectivity index (χ3n) is 6.72. The zero-order valence-corrected chi connectivity index (χ0v) is 18.1. The predicted octanol–water partition coefficient (Wildman–Crippen LogP) is 4.19. The first kappa shape index (κ1) is 21.8. The SMILES string of the molecule is CCCCC(NC(=O)NC12CC3CC(CC(C3)C1)C2)(OCC)OCCOCC. The van der Waals surface area contributed by atoms with E-state index in [0.29, 0.717) is 32.8 Å². The second-order valence-corrected chi connectivity index (χ2v) is 9.11. The Morgan fingerprint density at radius 3 is 2.14 bits per heavy atom. The molecule has 0 aromatic carbocycles. The number of unbranched alkanes of at least 4 members (excludes halogenated alkanes) is 1. The number of hydrogen-bond acceptors (Lipinski definition) is 4. The molecule has 0 aromatic rings. The van der Waals surface area contributed by atoms with Crippen LogP contribution in [0.4, 0.5) is 4.79 Å². The molecule has 6 heteroatoms. The van der Waals surface area contributed by atoms with Gasteiger partial charge in [0.15, 0.2) is 0 Å². The molecule has 4 fully saturated rings. The molecule has 162 valence electrons. The lowest BCUT2D eigenvalue weighted by Crippen LogP contribution is -2.64. The maximum Gasteiger partial charge on any atom is 0.319 e. The van der Waals surface area contributed by atoms with Gasteiger partial charge in [0.25, 0.3) is 5.91 Å². The topological polar surface area (TPSA) is 68.8 Å². The highest BCUT2D eigenvalue weighted by Gasteiger charge is 2.52. The van der Waals surface area contributed by atoms with Crippen LogP contribution in [0.25, 0.3) is 0 Å². The van der Waals surface area contributed by atoms with Gasteiger partial charge in [0.05, 0.1) is 13.2 Å². The van der Waals surface area contributed by atoms with E-state index in [1.165, 1.54) is 19.3 Å². The summed E-state index contributed by atoms with van der Waals surface area (Å²) in [4.78, 5) is 13.1. The predicted molar refractivity (Wildman–Crippen MR) is 109 cm³/mol. The van der Waals surface area contributed by atoms with E-state index in [2.05, 4.69) is 17.6 Å². The summed E-state index contributed by atoms with van der Waals surface area (Å²) in [5.41, 5.74) is -0.0210. The Bertz CT molecular complexity index is 477. The van der Waals surface area contributed by atoms with Crippen molar-refractivity contribution in [2.24, 2.45) is 17.8 Å². The number of rotatable bonds is 12. The molecule has 4 rings (SSSR count). The van der Waals surface area contributed by atoms with Crippen molar-refractivity contribution in [3.8, 4) is 0 Å². The van der Waals surface area contributed by atoms with Gasteiger partial charge >= 0.3 is 6.03 Å². The van der Waals surface area contributed by atoms with Crippen molar-refractivity contribution in [2.75, 3.05) is 26.4 Å². The number of carbonyl (C=O) groups excluding carboxylic acids is 1. The van der Waals surface area contributed by atoms with Crippen LogP contribution in [0.5, 0.6) is 0 Å². The van der Waals surface area contributed by atoms with E-state index in [0.717, 1.165) is 49.9 Å². The Labute approximate surface area is 170 Å². The Hall–Kier alpha value is -0.850.